The zero-order chi connectivity index (χ0) is 17.8. The molecule has 2 aromatic rings. The lowest BCUT2D eigenvalue weighted by Gasteiger charge is -2.29. The molecule has 0 atom stereocenters. The van der Waals surface area contributed by atoms with Crippen molar-refractivity contribution < 1.29 is 4.79 Å². The van der Waals surface area contributed by atoms with Crippen molar-refractivity contribution >= 4 is 6.03 Å². The fraction of sp³-hybridized carbons (Fsp3) is 0.500. The summed E-state index contributed by atoms with van der Waals surface area (Å²) in [6.45, 7) is 6.49. The van der Waals surface area contributed by atoms with Crippen LogP contribution >= 0.6 is 0 Å². The number of likely N-dealkylation sites (tertiary alicyclic amines) is 1. The molecule has 7 nitrogen and oxygen atoms in total. The molecule has 2 aromatic heterocycles. The number of urea groups is 1. The summed E-state index contributed by atoms with van der Waals surface area (Å²) in [7, 11) is 2.11. The van der Waals surface area contributed by atoms with Gasteiger partial charge in [0, 0.05) is 24.5 Å². The van der Waals surface area contributed by atoms with Gasteiger partial charge in [-0.1, -0.05) is 6.07 Å². The molecule has 3 rings (SSSR count). The monoisotopic (exact) mass is 342 g/mol. The maximum absolute atomic E-state index is 12.0. The van der Waals surface area contributed by atoms with E-state index in [0.29, 0.717) is 6.54 Å². The molecule has 0 saturated carbocycles. The quantitative estimate of drug-likeness (QED) is 0.888. The second-order valence-corrected chi connectivity index (χ2v) is 6.77. The van der Waals surface area contributed by atoms with E-state index in [1.54, 1.807) is 6.20 Å². The summed E-state index contributed by atoms with van der Waals surface area (Å²) in [6, 6.07) is 6.06. The SMILES string of the molecule is Cc1cc(C)n(-c2ccc(CNC(=O)NC3CCN(C)CC3)cn2)n1. The summed E-state index contributed by atoms with van der Waals surface area (Å²) in [4.78, 5) is 18.8. The lowest BCUT2D eigenvalue weighted by Crippen LogP contribution is -2.46. The van der Waals surface area contributed by atoms with E-state index in [9.17, 15) is 4.79 Å². The smallest absolute Gasteiger partial charge is 0.315 e. The minimum absolute atomic E-state index is 0.114. The first-order valence-corrected chi connectivity index (χ1v) is 8.73. The van der Waals surface area contributed by atoms with Crippen LogP contribution in [0.2, 0.25) is 0 Å². The molecule has 0 spiro atoms. The Hall–Kier alpha value is -2.41. The predicted octanol–water partition coefficient (Wildman–Crippen LogP) is 1.78. The number of hydrogen-bond donors (Lipinski definition) is 2. The molecule has 0 unspecified atom stereocenters. The number of amides is 2. The summed E-state index contributed by atoms with van der Waals surface area (Å²) in [5.41, 5.74) is 2.98. The Bertz CT molecular complexity index is 716. The van der Waals surface area contributed by atoms with Crippen LogP contribution in [-0.2, 0) is 6.54 Å². The molecule has 1 fully saturated rings. The first-order valence-electron chi connectivity index (χ1n) is 8.73. The molecule has 0 radical (unpaired) electrons. The van der Waals surface area contributed by atoms with Crippen LogP contribution in [0.1, 0.15) is 29.8 Å². The highest BCUT2D eigenvalue weighted by molar-refractivity contribution is 5.74. The van der Waals surface area contributed by atoms with E-state index in [0.717, 1.165) is 48.7 Å². The Morgan fingerprint density at radius 2 is 2.04 bits per heavy atom. The number of nitrogens with one attached hydrogen (secondary N) is 2. The topological polar surface area (TPSA) is 75.1 Å². The maximum atomic E-state index is 12.0. The van der Waals surface area contributed by atoms with E-state index in [4.69, 9.17) is 0 Å². The van der Waals surface area contributed by atoms with Gasteiger partial charge in [0.05, 0.1) is 5.69 Å². The molecular formula is C18H26N6O. The van der Waals surface area contributed by atoms with E-state index in [1.807, 2.05) is 36.7 Å². The van der Waals surface area contributed by atoms with Crippen LogP contribution in [0.15, 0.2) is 24.4 Å². The summed E-state index contributed by atoms with van der Waals surface area (Å²) in [5, 5.41) is 10.4. The number of hydrogen-bond acceptors (Lipinski definition) is 4. The van der Waals surface area contributed by atoms with Gasteiger partial charge < -0.3 is 15.5 Å². The fourth-order valence-corrected chi connectivity index (χ4v) is 3.08. The molecule has 0 aliphatic carbocycles. The molecule has 0 aromatic carbocycles. The van der Waals surface area contributed by atoms with Gasteiger partial charge in [0.2, 0.25) is 0 Å². The van der Waals surface area contributed by atoms with Gasteiger partial charge in [0.25, 0.3) is 0 Å². The minimum Gasteiger partial charge on any atom is -0.335 e. The van der Waals surface area contributed by atoms with Gasteiger partial charge in [0.15, 0.2) is 5.82 Å². The van der Waals surface area contributed by atoms with Gasteiger partial charge in [-0.3, -0.25) is 0 Å². The highest BCUT2D eigenvalue weighted by Crippen LogP contribution is 2.10. The van der Waals surface area contributed by atoms with Crippen LogP contribution in [0.4, 0.5) is 4.79 Å². The number of aromatic nitrogens is 3. The molecule has 2 amide bonds. The maximum Gasteiger partial charge on any atom is 0.315 e. The summed E-state index contributed by atoms with van der Waals surface area (Å²) in [6.07, 6.45) is 3.78. The van der Waals surface area contributed by atoms with Crippen LogP contribution in [0.25, 0.3) is 5.82 Å². The highest BCUT2D eigenvalue weighted by atomic mass is 16.2. The minimum atomic E-state index is -0.114. The van der Waals surface area contributed by atoms with Crippen LogP contribution in [0.3, 0.4) is 0 Å². The van der Waals surface area contributed by atoms with Gasteiger partial charge in [-0.15, -0.1) is 0 Å². The fourth-order valence-electron chi connectivity index (χ4n) is 3.08. The molecule has 25 heavy (non-hydrogen) atoms. The van der Waals surface area contributed by atoms with E-state index in [-0.39, 0.29) is 12.1 Å². The molecule has 134 valence electrons. The number of rotatable bonds is 4. The summed E-state index contributed by atoms with van der Waals surface area (Å²) in [5.74, 6) is 0.783. The van der Waals surface area contributed by atoms with Crippen molar-refractivity contribution in [2.24, 2.45) is 0 Å². The molecule has 1 saturated heterocycles. The van der Waals surface area contributed by atoms with Crippen molar-refractivity contribution in [3.63, 3.8) is 0 Å². The number of carbonyl (C=O) groups is 1. The van der Waals surface area contributed by atoms with Crippen LogP contribution in [-0.4, -0.2) is 51.9 Å². The third-order valence-corrected chi connectivity index (χ3v) is 4.54. The molecule has 7 heteroatoms. The first kappa shape index (κ1) is 17.4. The van der Waals surface area contributed by atoms with E-state index in [1.165, 1.54) is 0 Å². The Morgan fingerprint density at radius 1 is 1.28 bits per heavy atom. The van der Waals surface area contributed by atoms with Crippen LogP contribution < -0.4 is 10.6 Å². The molecule has 1 aliphatic rings. The largest absolute Gasteiger partial charge is 0.335 e. The van der Waals surface area contributed by atoms with E-state index in [2.05, 4.69) is 32.7 Å². The number of aryl methyl sites for hydroxylation is 2. The first-order chi connectivity index (χ1) is 12.0. The third-order valence-electron chi connectivity index (χ3n) is 4.54. The van der Waals surface area contributed by atoms with Gasteiger partial charge in [-0.05, 0) is 64.5 Å². The Kier molecular flexibility index (Phi) is 5.33. The van der Waals surface area contributed by atoms with Crippen molar-refractivity contribution in [2.75, 3.05) is 20.1 Å². The normalized spacial score (nSPS) is 16.0. The number of pyridine rings is 1. The lowest BCUT2D eigenvalue weighted by molar-refractivity contribution is 0.213. The third kappa shape index (κ3) is 4.57. The summed E-state index contributed by atoms with van der Waals surface area (Å²) >= 11 is 0. The lowest BCUT2D eigenvalue weighted by atomic mass is 10.1. The zero-order valence-electron chi connectivity index (χ0n) is 15.1. The number of nitrogens with zero attached hydrogens (tertiary/aromatic N) is 4. The molecule has 0 bridgehead atoms. The average Bonchev–Trinajstić information content (AvgIpc) is 2.94. The van der Waals surface area contributed by atoms with Crippen LogP contribution in [0.5, 0.6) is 0 Å². The van der Waals surface area contributed by atoms with Crippen molar-refractivity contribution in [2.45, 2.75) is 39.3 Å². The second kappa shape index (κ2) is 7.65. The Morgan fingerprint density at radius 3 is 2.64 bits per heavy atom. The van der Waals surface area contributed by atoms with E-state index >= 15 is 0 Å². The zero-order valence-corrected chi connectivity index (χ0v) is 15.1. The van der Waals surface area contributed by atoms with Crippen molar-refractivity contribution in [1.29, 1.82) is 0 Å². The Labute approximate surface area is 148 Å². The summed E-state index contributed by atoms with van der Waals surface area (Å²) < 4.78 is 1.82. The van der Waals surface area contributed by atoms with Gasteiger partial charge >= 0.3 is 6.03 Å². The molecule has 3 heterocycles. The molecule has 1 aliphatic heterocycles. The standard InChI is InChI=1S/C18H26N6O/c1-13-10-14(2)24(22-13)17-5-4-15(11-19-17)12-20-18(25)21-16-6-8-23(3)9-7-16/h4-5,10-11,16H,6-9,12H2,1-3H3,(H2,20,21,25). The molecular weight excluding hydrogens is 316 g/mol. The van der Waals surface area contributed by atoms with Gasteiger partial charge in [0.1, 0.15) is 0 Å². The molecule has 2 N–H and O–H groups in total. The second-order valence-electron chi connectivity index (χ2n) is 6.77. The van der Waals surface area contributed by atoms with Crippen molar-refractivity contribution in [3.05, 3.63) is 41.3 Å². The van der Waals surface area contributed by atoms with Gasteiger partial charge in [-0.25, -0.2) is 14.5 Å². The Balaban J connectivity index is 1.50. The van der Waals surface area contributed by atoms with Crippen molar-refractivity contribution in [1.82, 2.24) is 30.3 Å². The average molecular weight is 342 g/mol. The van der Waals surface area contributed by atoms with Crippen LogP contribution in [0, 0.1) is 13.8 Å². The number of carbonyl (C=O) groups excluding carboxylic acids is 1. The van der Waals surface area contributed by atoms with Gasteiger partial charge in [-0.2, -0.15) is 5.10 Å². The van der Waals surface area contributed by atoms with Crippen molar-refractivity contribution in [3.8, 4) is 5.82 Å². The highest BCUT2D eigenvalue weighted by Gasteiger charge is 2.18. The van der Waals surface area contributed by atoms with E-state index < -0.39 is 0 Å². The predicted molar refractivity (Wildman–Crippen MR) is 96.7 cm³/mol. The number of piperidine rings is 1.